The normalized spacial score (nSPS) is 16.8. The molecule has 0 fully saturated rings. The Bertz CT molecular complexity index is 844. The lowest BCUT2D eigenvalue weighted by atomic mass is 9.96. The van der Waals surface area contributed by atoms with Gasteiger partial charge in [0, 0.05) is 5.69 Å². The van der Waals surface area contributed by atoms with Crippen LogP contribution in [0.3, 0.4) is 0 Å². The summed E-state index contributed by atoms with van der Waals surface area (Å²) in [4.78, 5) is 12.7. The van der Waals surface area contributed by atoms with Gasteiger partial charge in [0.15, 0.2) is 9.84 Å². The molecule has 3 rings (SSSR count). The van der Waals surface area contributed by atoms with Crippen LogP contribution in [0.15, 0.2) is 53.4 Å². The molecule has 1 amide bonds. The molecule has 1 N–H and O–H groups in total. The van der Waals surface area contributed by atoms with Gasteiger partial charge in [0.05, 0.1) is 16.6 Å². The summed E-state index contributed by atoms with van der Waals surface area (Å²) < 4.78 is 29.2. The third kappa shape index (κ3) is 3.43. The molecule has 1 heterocycles. The van der Waals surface area contributed by atoms with Crippen LogP contribution in [0.1, 0.15) is 12.5 Å². The van der Waals surface area contributed by atoms with Crippen LogP contribution in [-0.4, -0.2) is 26.7 Å². The summed E-state index contributed by atoms with van der Waals surface area (Å²) in [5.41, 5.74) is 1.60. The summed E-state index contributed by atoms with van der Waals surface area (Å²) in [6.07, 6.45) is 0.629. The minimum absolute atomic E-state index is 0.0531. The fourth-order valence-electron chi connectivity index (χ4n) is 2.65. The number of carbonyl (C=O) groups excluding carboxylic acids is 1. The highest BCUT2D eigenvalue weighted by Crippen LogP contribution is 2.27. The highest BCUT2D eigenvalue weighted by Gasteiger charge is 2.25. The highest BCUT2D eigenvalue weighted by atomic mass is 32.2. The first kappa shape index (κ1) is 16.5. The second-order valence-corrected chi connectivity index (χ2v) is 8.02. The molecule has 0 aromatic heterocycles. The predicted octanol–water partition coefficient (Wildman–Crippen LogP) is 2.67. The summed E-state index contributed by atoms with van der Waals surface area (Å²) in [7, 11) is -3.23. The van der Waals surface area contributed by atoms with Gasteiger partial charge in [-0.05, 0) is 42.3 Å². The predicted molar refractivity (Wildman–Crippen MR) is 91.9 cm³/mol. The molecule has 2 aromatic carbocycles. The molecular weight excluding hydrogens is 326 g/mol. The molecule has 0 saturated heterocycles. The third-order valence-electron chi connectivity index (χ3n) is 4.11. The maximum absolute atomic E-state index is 12.4. The molecular formula is C18H19NO4S. The number of hydrogen-bond donors (Lipinski definition) is 1. The number of ether oxygens (including phenoxy) is 1. The number of amides is 1. The Hall–Kier alpha value is -2.34. The minimum atomic E-state index is -3.23. The van der Waals surface area contributed by atoms with Crippen LogP contribution in [0, 0.1) is 5.92 Å². The van der Waals surface area contributed by atoms with Crippen molar-refractivity contribution in [3.8, 4) is 5.75 Å². The van der Waals surface area contributed by atoms with E-state index in [1.54, 1.807) is 19.1 Å². The molecule has 0 unspecified atom stereocenters. The van der Waals surface area contributed by atoms with Crippen LogP contribution in [-0.2, 0) is 21.1 Å². The molecule has 0 radical (unpaired) electrons. The van der Waals surface area contributed by atoms with E-state index in [9.17, 15) is 13.2 Å². The van der Waals surface area contributed by atoms with Crippen molar-refractivity contribution in [3.63, 3.8) is 0 Å². The standard InChI is InChI=1S/C18H19NO4S/c1-2-24(21,22)16-9-7-15(8-10-16)19-18(20)14-11-13-5-3-4-6-17(13)23-12-14/h3-10,14H,2,11-12H2,1H3,(H,19,20)/t14-/m0/s1. The van der Waals surface area contributed by atoms with Gasteiger partial charge in [-0.25, -0.2) is 8.42 Å². The van der Waals surface area contributed by atoms with E-state index in [1.807, 2.05) is 24.3 Å². The number of carbonyl (C=O) groups is 1. The first-order valence-corrected chi connectivity index (χ1v) is 9.49. The van der Waals surface area contributed by atoms with Crippen molar-refractivity contribution in [1.82, 2.24) is 0 Å². The first-order chi connectivity index (χ1) is 11.5. The van der Waals surface area contributed by atoms with E-state index in [0.717, 1.165) is 11.3 Å². The number of anilines is 1. The maximum Gasteiger partial charge on any atom is 0.231 e. The van der Waals surface area contributed by atoms with Crippen molar-refractivity contribution in [3.05, 3.63) is 54.1 Å². The van der Waals surface area contributed by atoms with Gasteiger partial charge in [-0.1, -0.05) is 25.1 Å². The zero-order valence-corrected chi connectivity index (χ0v) is 14.2. The Morgan fingerprint density at radius 3 is 2.58 bits per heavy atom. The van der Waals surface area contributed by atoms with Gasteiger partial charge >= 0.3 is 0 Å². The lowest BCUT2D eigenvalue weighted by Gasteiger charge is -2.24. The van der Waals surface area contributed by atoms with Gasteiger partial charge in [-0.2, -0.15) is 0 Å². The smallest absolute Gasteiger partial charge is 0.231 e. The summed E-state index contributed by atoms with van der Waals surface area (Å²) in [6.45, 7) is 1.94. The Balaban J connectivity index is 1.68. The minimum Gasteiger partial charge on any atom is -0.492 e. The van der Waals surface area contributed by atoms with Gasteiger partial charge < -0.3 is 10.1 Å². The molecule has 0 saturated carbocycles. The topological polar surface area (TPSA) is 72.5 Å². The molecule has 0 aliphatic carbocycles. The number of para-hydroxylation sites is 1. The Morgan fingerprint density at radius 2 is 1.88 bits per heavy atom. The van der Waals surface area contributed by atoms with Gasteiger partial charge in [0.1, 0.15) is 12.4 Å². The zero-order valence-electron chi connectivity index (χ0n) is 13.4. The molecule has 0 spiro atoms. The van der Waals surface area contributed by atoms with Crippen LogP contribution < -0.4 is 10.1 Å². The van der Waals surface area contributed by atoms with Crippen molar-refractivity contribution in [2.75, 3.05) is 17.7 Å². The second kappa shape index (κ2) is 6.65. The zero-order chi connectivity index (χ0) is 17.2. The monoisotopic (exact) mass is 345 g/mol. The van der Waals surface area contributed by atoms with Crippen LogP contribution in [0.25, 0.3) is 0 Å². The molecule has 0 bridgehead atoms. The molecule has 1 aliphatic rings. The molecule has 6 heteroatoms. The Morgan fingerprint density at radius 1 is 1.17 bits per heavy atom. The van der Waals surface area contributed by atoms with Gasteiger partial charge in [-0.15, -0.1) is 0 Å². The highest BCUT2D eigenvalue weighted by molar-refractivity contribution is 7.91. The quantitative estimate of drug-likeness (QED) is 0.925. The Labute approximate surface area is 141 Å². The Kier molecular flexibility index (Phi) is 4.57. The van der Waals surface area contributed by atoms with E-state index < -0.39 is 9.84 Å². The first-order valence-electron chi connectivity index (χ1n) is 7.84. The number of rotatable bonds is 4. The summed E-state index contributed by atoms with van der Waals surface area (Å²) in [5, 5.41) is 2.83. The number of fused-ring (bicyclic) bond motifs is 1. The van der Waals surface area contributed by atoms with Crippen molar-refractivity contribution in [2.24, 2.45) is 5.92 Å². The number of nitrogens with one attached hydrogen (secondary N) is 1. The van der Waals surface area contributed by atoms with Crippen molar-refractivity contribution in [1.29, 1.82) is 0 Å². The fraction of sp³-hybridized carbons (Fsp3) is 0.278. The molecule has 126 valence electrons. The van der Waals surface area contributed by atoms with Gasteiger partial charge in [0.25, 0.3) is 0 Å². The lowest BCUT2D eigenvalue weighted by molar-refractivity contribution is -0.121. The maximum atomic E-state index is 12.4. The fourth-order valence-corrected chi connectivity index (χ4v) is 3.54. The van der Waals surface area contributed by atoms with E-state index in [-0.39, 0.29) is 22.5 Å². The SMILES string of the molecule is CCS(=O)(=O)c1ccc(NC(=O)[C@@H]2COc3ccccc3C2)cc1. The van der Waals surface area contributed by atoms with Gasteiger partial charge in [0.2, 0.25) is 5.91 Å². The molecule has 1 aliphatic heterocycles. The lowest BCUT2D eigenvalue weighted by Crippen LogP contribution is -2.32. The molecule has 1 atom stereocenters. The van der Waals surface area contributed by atoms with Crippen LogP contribution in [0.5, 0.6) is 5.75 Å². The van der Waals surface area contributed by atoms with E-state index >= 15 is 0 Å². The van der Waals surface area contributed by atoms with Crippen molar-refractivity contribution >= 4 is 21.4 Å². The van der Waals surface area contributed by atoms with Crippen molar-refractivity contribution < 1.29 is 17.9 Å². The summed E-state index contributed by atoms with van der Waals surface area (Å²) >= 11 is 0. The van der Waals surface area contributed by atoms with Crippen LogP contribution in [0.2, 0.25) is 0 Å². The van der Waals surface area contributed by atoms with Crippen molar-refractivity contribution in [2.45, 2.75) is 18.2 Å². The summed E-state index contributed by atoms with van der Waals surface area (Å²) in [5.74, 6) is 0.488. The van der Waals surface area contributed by atoms with Crippen LogP contribution >= 0.6 is 0 Å². The van der Waals surface area contributed by atoms with E-state index in [4.69, 9.17) is 4.74 Å². The number of sulfone groups is 1. The third-order valence-corrected chi connectivity index (χ3v) is 5.86. The average Bonchev–Trinajstić information content (AvgIpc) is 2.61. The summed E-state index contributed by atoms with van der Waals surface area (Å²) in [6, 6.07) is 13.9. The van der Waals surface area contributed by atoms with Crippen LogP contribution in [0.4, 0.5) is 5.69 Å². The average molecular weight is 345 g/mol. The number of hydrogen-bond acceptors (Lipinski definition) is 4. The molecule has 24 heavy (non-hydrogen) atoms. The van der Waals surface area contributed by atoms with Gasteiger partial charge in [-0.3, -0.25) is 4.79 Å². The largest absolute Gasteiger partial charge is 0.492 e. The second-order valence-electron chi connectivity index (χ2n) is 5.74. The molecule has 5 nitrogen and oxygen atoms in total. The number of benzene rings is 2. The van der Waals surface area contributed by atoms with E-state index in [2.05, 4.69) is 5.32 Å². The molecule has 2 aromatic rings. The van der Waals surface area contributed by atoms with E-state index in [0.29, 0.717) is 18.7 Å². The van der Waals surface area contributed by atoms with E-state index in [1.165, 1.54) is 12.1 Å².